The molecule has 1 heterocycles. The summed E-state index contributed by atoms with van der Waals surface area (Å²) in [4.78, 5) is 16.3. The highest BCUT2D eigenvalue weighted by Crippen LogP contribution is 2.11. The van der Waals surface area contributed by atoms with Crippen LogP contribution >= 0.6 is 0 Å². The first-order valence-corrected chi connectivity index (χ1v) is 7.22. The zero-order valence-electron chi connectivity index (χ0n) is 12.5. The Bertz CT molecular complexity index is 465. The number of hydrogen-bond donors (Lipinski definition) is 1. The van der Waals surface area contributed by atoms with Crippen molar-refractivity contribution in [1.82, 2.24) is 15.1 Å². The Labute approximate surface area is 126 Å². The Morgan fingerprint density at radius 2 is 1.95 bits per heavy atom. The molecule has 0 aliphatic carbocycles. The van der Waals surface area contributed by atoms with Gasteiger partial charge in [-0.1, -0.05) is 18.2 Å². The molecule has 2 rings (SSSR count). The molecule has 114 valence electrons. The Morgan fingerprint density at radius 1 is 1.29 bits per heavy atom. The van der Waals surface area contributed by atoms with Gasteiger partial charge in [0.05, 0.1) is 7.11 Å². The van der Waals surface area contributed by atoms with Crippen molar-refractivity contribution in [2.24, 2.45) is 0 Å². The summed E-state index contributed by atoms with van der Waals surface area (Å²) in [6.45, 7) is 8.51. The molecule has 0 radical (unpaired) electrons. The van der Waals surface area contributed by atoms with Gasteiger partial charge in [0.1, 0.15) is 5.75 Å². The molecule has 0 unspecified atom stereocenters. The second-order valence-electron chi connectivity index (χ2n) is 5.08. The largest absolute Gasteiger partial charge is 0.497 e. The highest BCUT2D eigenvalue weighted by atomic mass is 16.5. The molecule has 0 saturated carbocycles. The lowest BCUT2D eigenvalue weighted by Gasteiger charge is -2.34. The van der Waals surface area contributed by atoms with Crippen LogP contribution in [0.25, 0.3) is 0 Å². The minimum Gasteiger partial charge on any atom is -0.497 e. The molecule has 5 nitrogen and oxygen atoms in total. The number of nitrogens with one attached hydrogen (secondary N) is 1. The fraction of sp³-hybridized carbons (Fsp3) is 0.438. The van der Waals surface area contributed by atoms with Crippen LogP contribution in [0, 0.1) is 0 Å². The molecule has 1 aromatic carbocycles. The number of hydrogen-bond acceptors (Lipinski definition) is 3. The minimum atomic E-state index is 0.00377. The van der Waals surface area contributed by atoms with E-state index in [0.29, 0.717) is 6.54 Å². The van der Waals surface area contributed by atoms with Crippen LogP contribution in [0.5, 0.6) is 5.75 Å². The van der Waals surface area contributed by atoms with Crippen molar-refractivity contribution in [2.75, 3.05) is 39.8 Å². The van der Waals surface area contributed by atoms with Crippen LogP contribution in [0.15, 0.2) is 36.9 Å². The van der Waals surface area contributed by atoms with Gasteiger partial charge in [0, 0.05) is 39.3 Å². The molecule has 1 fully saturated rings. The highest BCUT2D eigenvalue weighted by Gasteiger charge is 2.19. The number of amides is 2. The third-order valence-electron chi connectivity index (χ3n) is 3.65. The van der Waals surface area contributed by atoms with E-state index in [9.17, 15) is 4.79 Å². The lowest BCUT2D eigenvalue weighted by molar-refractivity contribution is 0.146. The molecular formula is C16H23N3O2. The van der Waals surface area contributed by atoms with Gasteiger partial charge in [-0.2, -0.15) is 0 Å². The maximum atomic E-state index is 12.1. The molecular weight excluding hydrogens is 266 g/mol. The van der Waals surface area contributed by atoms with E-state index in [1.54, 1.807) is 7.11 Å². The zero-order valence-corrected chi connectivity index (χ0v) is 12.5. The second-order valence-corrected chi connectivity index (χ2v) is 5.08. The molecule has 1 saturated heterocycles. The monoisotopic (exact) mass is 289 g/mol. The number of rotatable bonds is 5. The summed E-state index contributed by atoms with van der Waals surface area (Å²) in [5.41, 5.74) is 1.06. The quantitative estimate of drug-likeness (QED) is 0.839. The standard InChI is InChI=1S/C16H23N3O2/c1-3-8-18-9-11-19(12-10-18)16(20)17-13-14-4-6-15(21-2)7-5-14/h3-7H,1,8-13H2,2H3,(H,17,20). The molecule has 0 spiro atoms. The van der Waals surface area contributed by atoms with Gasteiger partial charge in [0.15, 0.2) is 0 Å². The lowest BCUT2D eigenvalue weighted by Crippen LogP contribution is -2.51. The summed E-state index contributed by atoms with van der Waals surface area (Å²) in [6, 6.07) is 7.72. The van der Waals surface area contributed by atoms with Crippen molar-refractivity contribution in [2.45, 2.75) is 6.54 Å². The Balaban J connectivity index is 1.75. The van der Waals surface area contributed by atoms with Crippen LogP contribution < -0.4 is 10.1 Å². The predicted octanol–water partition coefficient (Wildman–Crippen LogP) is 1.71. The van der Waals surface area contributed by atoms with Crippen molar-refractivity contribution in [1.29, 1.82) is 0 Å². The van der Waals surface area contributed by atoms with Gasteiger partial charge in [-0.3, -0.25) is 4.90 Å². The Morgan fingerprint density at radius 3 is 2.52 bits per heavy atom. The molecule has 1 aliphatic heterocycles. The van der Waals surface area contributed by atoms with E-state index in [1.165, 1.54) is 0 Å². The van der Waals surface area contributed by atoms with Crippen LogP contribution in [-0.4, -0.2) is 55.7 Å². The topological polar surface area (TPSA) is 44.8 Å². The number of nitrogens with zero attached hydrogens (tertiary/aromatic N) is 2. The van der Waals surface area contributed by atoms with Crippen LogP contribution in [-0.2, 0) is 6.54 Å². The van der Waals surface area contributed by atoms with Gasteiger partial charge >= 0.3 is 6.03 Å². The first kappa shape index (κ1) is 15.4. The number of benzene rings is 1. The van der Waals surface area contributed by atoms with E-state index in [1.807, 2.05) is 35.2 Å². The predicted molar refractivity (Wildman–Crippen MR) is 83.4 cm³/mol. The molecule has 0 aromatic heterocycles. The molecule has 21 heavy (non-hydrogen) atoms. The van der Waals surface area contributed by atoms with E-state index < -0.39 is 0 Å². The fourth-order valence-electron chi connectivity index (χ4n) is 2.35. The van der Waals surface area contributed by atoms with E-state index in [2.05, 4.69) is 16.8 Å². The summed E-state index contributed by atoms with van der Waals surface area (Å²) in [6.07, 6.45) is 1.90. The Kier molecular flexibility index (Phi) is 5.63. The van der Waals surface area contributed by atoms with E-state index in [4.69, 9.17) is 4.74 Å². The molecule has 1 N–H and O–H groups in total. The first-order chi connectivity index (χ1) is 10.2. The highest BCUT2D eigenvalue weighted by molar-refractivity contribution is 5.74. The maximum Gasteiger partial charge on any atom is 0.317 e. The molecule has 0 bridgehead atoms. The first-order valence-electron chi connectivity index (χ1n) is 7.22. The second kappa shape index (κ2) is 7.69. The third kappa shape index (κ3) is 4.49. The lowest BCUT2D eigenvalue weighted by atomic mass is 10.2. The maximum absolute atomic E-state index is 12.1. The van der Waals surface area contributed by atoms with Gasteiger partial charge in [-0.15, -0.1) is 6.58 Å². The van der Waals surface area contributed by atoms with E-state index in [0.717, 1.165) is 44.0 Å². The van der Waals surface area contributed by atoms with Crippen molar-refractivity contribution in [3.05, 3.63) is 42.5 Å². The van der Waals surface area contributed by atoms with Crippen molar-refractivity contribution in [3.63, 3.8) is 0 Å². The van der Waals surface area contributed by atoms with Crippen molar-refractivity contribution in [3.8, 4) is 5.75 Å². The summed E-state index contributed by atoms with van der Waals surface area (Å²) in [5, 5.41) is 2.96. The van der Waals surface area contributed by atoms with E-state index >= 15 is 0 Å². The fourth-order valence-corrected chi connectivity index (χ4v) is 2.35. The van der Waals surface area contributed by atoms with Crippen LogP contribution in [0.1, 0.15) is 5.56 Å². The van der Waals surface area contributed by atoms with Crippen molar-refractivity contribution >= 4 is 6.03 Å². The molecule has 0 atom stereocenters. The number of carbonyl (C=O) groups excluding carboxylic acids is 1. The molecule has 1 aliphatic rings. The van der Waals surface area contributed by atoms with Crippen LogP contribution in [0.2, 0.25) is 0 Å². The number of urea groups is 1. The molecule has 5 heteroatoms. The number of carbonyl (C=O) groups is 1. The third-order valence-corrected chi connectivity index (χ3v) is 3.65. The zero-order chi connectivity index (χ0) is 15.1. The van der Waals surface area contributed by atoms with E-state index in [-0.39, 0.29) is 6.03 Å². The van der Waals surface area contributed by atoms with Crippen LogP contribution in [0.4, 0.5) is 4.79 Å². The number of ether oxygens (including phenoxy) is 1. The average Bonchev–Trinajstić information content (AvgIpc) is 2.54. The number of piperazine rings is 1. The van der Waals surface area contributed by atoms with Gasteiger partial charge in [-0.25, -0.2) is 4.79 Å². The molecule has 2 amide bonds. The number of methoxy groups -OCH3 is 1. The van der Waals surface area contributed by atoms with Gasteiger partial charge in [0.25, 0.3) is 0 Å². The van der Waals surface area contributed by atoms with Gasteiger partial charge in [-0.05, 0) is 17.7 Å². The normalized spacial score (nSPS) is 15.6. The minimum absolute atomic E-state index is 0.00377. The van der Waals surface area contributed by atoms with Gasteiger partial charge < -0.3 is 15.0 Å². The summed E-state index contributed by atoms with van der Waals surface area (Å²) in [5.74, 6) is 0.823. The van der Waals surface area contributed by atoms with Crippen molar-refractivity contribution < 1.29 is 9.53 Å². The van der Waals surface area contributed by atoms with Gasteiger partial charge in [0.2, 0.25) is 0 Å². The summed E-state index contributed by atoms with van der Waals surface area (Å²) in [7, 11) is 1.64. The van der Waals surface area contributed by atoms with Crippen LogP contribution in [0.3, 0.4) is 0 Å². The summed E-state index contributed by atoms with van der Waals surface area (Å²) >= 11 is 0. The smallest absolute Gasteiger partial charge is 0.317 e. The SMILES string of the molecule is C=CCN1CCN(C(=O)NCc2ccc(OC)cc2)CC1. The Hall–Kier alpha value is -2.01. The molecule has 1 aromatic rings. The summed E-state index contributed by atoms with van der Waals surface area (Å²) < 4.78 is 5.11. The average molecular weight is 289 g/mol.